The molecule has 8 heteroatoms. The molecule has 24 heavy (non-hydrogen) atoms. The zero-order valence-electron chi connectivity index (χ0n) is 12.5. The zero-order chi connectivity index (χ0) is 16.8. The molecule has 0 unspecified atom stereocenters. The molecule has 0 bridgehead atoms. The van der Waals surface area contributed by atoms with E-state index in [4.69, 9.17) is 21.6 Å². The number of tetrazole rings is 1. The Hall–Kier alpha value is -2.56. The Labute approximate surface area is 148 Å². The number of nitrogens with zero attached hydrogens (tertiary/aromatic N) is 5. The molecule has 0 atom stereocenters. The van der Waals surface area contributed by atoms with Crippen LogP contribution in [0.3, 0.4) is 0 Å². The Kier molecular flexibility index (Phi) is 5.31. The van der Waals surface area contributed by atoms with E-state index in [-0.39, 0.29) is 0 Å². The second kappa shape index (κ2) is 7.81. The van der Waals surface area contributed by atoms with Crippen molar-refractivity contribution < 1.29 is 4.74 Å². The van der Waals surface area contributed by atoms with Gasteiger partial charge in [-0.1, -0.05) is 23.4 Å². The van der Waals surface area contributed by atoms with Gasteiger partial charge in [-0.3, -0.25) is 0 Å². The van der Waals surface area contributed by atoms with Crippen LogP contribution in [0.4, 0.5) is 0 Å². The summed E-state index contributed by atoms with van der Waals surface area (Å²) in [5.41, 5.74) is 1.46. The van der Waals surface area contributed by atoms with E-state index in [1.165, 1.54) is 11.8 Å². The van der Waals surface area contributed by atoms with Crippen molar-refractivity contribution >= 4 is 23.4 Å². The van der Waals surface area contributed by atoms with Gasteiger partial charge in [-0.2, -0.15) is 9.94 Å². The minimum atomic E-state index is 0.504. The number of aromatic nitrogens is 4. The summed E-state index contributed by atoms with van der Waals surface area (Å²) in [7, 11) is 0. The van der Waals surface area contributed by atoms with Gasteiger partial charge in [-0.05, 0) is 59.0 Å². The Morgan fingerprint density at radius 3 is 2.58 bits per heavy atom. The quantitative estimate of drug-likeness (QED) is 0.497. The van der Waals surface area contributed by atoms with Crippen molar-refractivity contribution in [3.05, 3.63) is 59.1 Å². The van der Waals surface area contributed by atoms with Gasteiger partial charge in [0.25, 0.3) is 0 Å². The highest BCUT2D eigenvalue weighted by atomic mass is 35.5. The minimum Gasteiger partial charge on any atom is -0.493 e. The van der Waals surface area contributed by atoms with E-state index in [1.807, 2.05) is 12.1 Å². The number of halogens is 1. The third kappa shape index (κ3) is 4.04. The first-order valence-corrected chi connectivity index (χ1v) is 8.43. The highest BCUT2D eigenvalue weighted by Gasteiger charge is 2.08. The predicted molar refractivity (Wildman–Crippen MR) is 91.5 cm³/mol. The largest absolute Gasteiger partial charge is 0.493 e. The molecule has 0 aliphatic rings. The van der Waals surface area contributed by atoms with Crippen LogP contribution >= 0.6 is 23.4 Å². The fourth-order valence-electron chi connectivity index (χ4n) is 1.93. The molecule has 0 radical (unpaired) electrons. The molecule has 0 amide bonds. The van der Waals surface area contributed by atoms with Crippen LogP contribution in [0, 0.1) is 11.3 Å². The number of rotatable bonds is 6. The Morgan fingerprint density at radius 1 is 1.12 bits per heavy atom. The topological polar surface area (TPSA) is 76.6 Å². The molecule has 0 aliphatic heterocycles. The average molecular weight is 358 g/mol. The van der Waals surface area contributed by atoms with E-state index in [0.29, 0.717) is 28.1 Å². The molecule has 2 aromatic carbocycles. The third-order valence-corrected chi connectivity index (χ3v) is 4.21. The van der Waals surface area contributed by atoms with E-state index in [0.717, 1.165) is 11.4 Å². The molecule has 0 spiro atoms. The van der Waals surface area contributed by atoms with Crippen molar-refractivity contribution in [2.75, 3.05) is 12.4 Å². The van der Waals surface area contributed by atoms with E-state index in [2.05, 4.69) is 21.6 Å². The van der Waals surface area contributed by atoms with Crippen LogP contribution in [0.2, 0.25) is 5.02 Å². The maximum absolute atomic E-state index is 8.76. The number of ether oxygens (including phenoxy) is 1. The maximum atomic E-state index is 8.76. The number of benzene rings is 2. The van der Waals surface area contributed by atoms with Crippen molar-refractivity contribution in [3.63, 3.8) is 0 Å². The molecule has 0 N–H and O–H groups in total. The molecule has 1 heterocycles. The van der Waals surface area contributed by atoms with Gasteiger partial charge in [0, 0.05) is 10.8 Å². The molecule has 6 nitrogen and oxygen atoms in total. The highest BCUT2D eigenvalue weighted by molar-refractivity contribution is 7.99. The summed E-state index contributed by atoms with van der Waals surface area (Å²) < 4.78 is 7.30. The Balaban J connectivity index is 1.55. The second-order valence-electron chi connectivity index (χ2n) is 4.68. The molecular formula is C16H12ClN5OS. The van der Waals surface area contributed by atoms with Gasteiger partial charge in [0.05, 0.1) is 23.9 Å². The van der Waals surface area contributed by atoms with Gasteiger partial charge >= 0.3 is 0 Å². The summed E-state index contributed by atoms with van der Waals surface area (Å²) in [6.07, 6.45) is 0. The molecule has 0 aliphatic carbocycles. The second-order valence-corrected chi connectivity index (χ2v) is 6.18. The van der Waals surface area contributed by atoms with Gasteiger partial charge in [-0.15, -0.1) is 5.10 Å². The standard InChI is InChI=1S/C16H12ClN5OS/c17-13-3-5-14(6-4-13)22-16(19-20-21-22)24-10-9-23-15-7-1-12(11-18)2-8-15/h1-8H,9-10H2. The maximum Gasteiger partial charge on any atom is 0.214 e. The normalized spacial score (nSPS) is 10.3. The smallest absolute Gasteiger partial charge is 0.214 e. The number of hydrogen-bond donors (Lipinski definition) is 0. The van der Waals surface area contributed by atoms with Crippen molar-refractivity contribution in [1.29, 1.82) is 5.26 Å². The average Bonchev–Trinajstić information content (AvgIpc) is 3.08. The fraction of sp³-hybridized carbons (Fsp3) is 0.125. The lowest BCUT2D eigenvalue weighted by Gasteiger charge is -2.06. The first kappa shape index (κ1) is 16.3. The lowest BCUT2D eigenvalue weighted by Crippen LogP contribution is -2.03. The van der Waals surface area contributed by atoms with Gasteiger partial charge in [0.15, 0.2) is 0 Å². The summed E-state index contributed by atoms with van der Waals surface area (Å²) in [6, 6.07) is 16.4. The Morgan fingerprint density at radius 2 is 1.88 bits per heavy atom. The van der Waals surface area contributed by atoms with Crippen molar-refractivity contribution in [2.24, 2.45) is 0 Å². The molecular weight excluding hydrogens is 346 g/mol. The predicted octanol–water partition coefficient (Wildman–Crippen LogP) is 3.36. The monoisotopic (exact) mass is 357 g/mol. The van der Waals surface area contributed by atoms with E-state index in [1.54, 1.807) is 41.1 Å². The first-order valence-electron chi connectivity index (χ1n) is 7.06. The van der Waals surface area contributed by atoms with Gasteiger partial charge in [0.1, 0.15) is 5.75 Å². The lowest BCUT2D eigenvalue weighted by atomic mass is 10.2. The molecule has 120 valence electrons. The van der Waals surface area contributed by atoms with Crippen LogP contribution in [0.15, 0.2) is 53.7 Å². The van der Waals surface area contributed by atoms with Crippen molar-refractivity contribution in [2.45, 2.75) is 5.16 Å². The summed E-state index contributed by atoms with van der Waals surface area (Å²) in [4.78, 5) is 0. The molecule has 0 saturated carbocycles. The van der Waals surface area contributed by atoms with Crippen LogP contribution in [0.1, 0.15) is 5.56 Å². The van der Waals surface area contributed by atoms with E-state index >= 15 is 0 Å². The van der Waals surface area contributed by atoms with Gasteiger partial charge < -0.3 is 4.74 Å². The van der Waals surface area contributed by atoms with E-state index < -0.39 is 0 Å². The summed E-state index contributed by atoms with van der Waals surface area (Å²) >= 11 is 7.39. The first-order chi connectivity index (χ1) is 11.8. The lowest BCUT2D eigenvalue weighted by molar-refractivity contribution is 0.344. The fourth-order valence-corrected chi connectivity index (χ4v) is 2.77. The number of nitriles is 1. The summed E-state index contributed by atoms with van der Waals surface area (Å²) in [5.74, 6) is 1.42. The molecule has 3 rings (SSSR count). The van der Waals surface area contributed by atoms with Crippen LogP contribution < -0.4 is 4.74 Å². The minimum absolute atomic E-state index is 0.504. The molecule has 1 aromatic heterocycles. The number of thioether (sulfide) groups is 1. The van der Waals surface area contributed by atoms with Crippen LogP contribution in [0.5, 0.6) is 5.75 Å². The van der Waals surface area contributed by atoms with Crippen molar-refractivity contribution in [1.82, 2.24) is 20.2 Å². The third-order valence-electron chi connectivity index (χ3n) is 3.08. The molecule has 0 saturated heterocycles. The van der Waals surface area contributed by atoms with Crippen LogP contribution in [-0.2, 0) is 0 Å². The SMILES string of the molecule is N#Cc1ccc(OCCSc2nnnn2-c2ccc(Cl)cc2)cc1. The number of hydrogen-bond acceptors (Lipinski definition) is 6. The molecule has 3 aromatic rings. The highest BCUT2D eigenvalue weighted by Crippen LogP contribution is 2.20. The van der Waals surface area contributed by atoms with Gasteiger partial charge in [0.2, 0.25) is 5.16 Å². The zero-order valence-corrected chi connectivity index (χ0v) is 14.0. The van der Waals surface area contributed by atoms with Crippen LogP contribution in [-0.4, -0.2) is 32.6 Å². The van der Waals surface area contributed by atoms with Crippen LogP contribution in [0.25, 0.3) is 5.69 Å². The summed E-state index contributed by atoms with van der Waals surface area (Å²) in [5, 5.41) is 21.8. The summed E-state index contributed by atoms with van der Waals surface area (Å²) in [6.45, 7) is 0.504. The molecule has 0 fully saturated rings. The van der Waals surface area contributed by atoms with Gasteiger partial charge in [-0.25, -0.2) is 0 Å². The van der Waals surface area contributed by atoms with E-state index in [9.17, 15) is 0 Å². The Bertz CT molecular complexity index is 842. The van der Waals surface area contributed by atoms with Crippen molar-refractivity contribution in [3.8, 4) is 17.5 Å².